The summed E-state index contributed by atoms with van der Waals surface area (Å²) in [7, 11) is 2.15. The minimum absolute atomic E-state index is 0.748. The molecule has 0 amide bonds. The minimum Gasteiger partial charge on any atom is -0.315 e. The molecule has 0 radical (unpaired) electrons. The van der Waals surface area contributed by atoms with Gasteiger partial charge in [-0.3, -0.25) is 0 Å². The molecule has 1 saturated heterocycles. The molecule has 2 unspecified atom stereocenters. The molecule has 2 aliphatic rings. The van der Waals surface area contributed by atoms with Gasteiger partial charge in [-0.1, -0.05) is 26.2 Å². The molecule has 2 fully saturated rings. The lowest BCUT2D eigenvalue weighted by Gasteiger charge is -2.28. The summed E-state index contributed by atoms with van der Waals surface area (Å²) in [6.45, 7) is 6.31. The molecule has 94 valence electrons. The predicted octanol–water partition coefficient (Wildman–Crippen LogP) is 2.50. The highest BCUT2D eigenvalue weighted by atomic mass is 15.2. The lowest BCUT2D eigenvalue weighted by Crippen LogP contribution is -2.42. The van der Waals surface area contributed by atoms with Gasteiger partial charge in [0.05, 0.1) is 0 Å². The number of nitrogens with zero attached hydrogens (tertiary/aromatic N) is 1. The van der Waals surface area contributed by atoms with Crippen LogP contribution in [0, 0.1) is 11.8 Å². The largest absolute Gasteiger partial charge is 0.315 e. The Labute approximate surface area is 101 Å². The van der Waals surface area contributed by atoms with Gasteiger partial charge < -0.3 is 10.2 Å². The molecular formula is C14H28N2. The van der Waals surface area contributed by atoms with Crippen molar-refractivity contribution in [3.05, 3.63) is 0 Å². The van der Waals surface area contributed by atoms with Crippen LogP contribution in [0.15, 0.2) is 0 Å². The molecule has 1 N–H and O–H groups in total. The second kappa shape index (κ2) is 6.02. The van der Waals surface area contributed by atoms with E-state index in [4.69, 9.17) is 0 Å². The second-order valence-electron chi connectivity index (χ2n) is 5.76. The van der Waals surface area contributed by atoms with Crippen LogP contribution >= 0.6 is 0 Å². The molecule has 1 aliphatic carbocycles. The molecule has 0 aromatic rings. The van der Waals surface area contributed by atoms with Crippen LogP contribution in [0.3, 0.4) is 0 Å². The van der Waals surface area contributed by atoms with E-state index in [0.717, 1.165) is 17.9 Å². The van der Waals surface area contributed by atoms with Crippen molar-refractivity contribution in [2.75, 3.05) is 26.7 Å². The van der Waals surface area contributed by atoms with E-state index in [2.05, 4.69) is 24.2 Å². The Kier molecular flexibility index (Phi) is 4.66. The van der Waals surface area contributed by atoms with Crippen molar-refractivity contribution < 1.29 is 0 Å². The zero-order chi connectivity index (χ0) is 11.4. The summed E-state index contributed by atoms with van der Waals surface area (Å²) in [4.78, 5) is 2.69. The molecule has 2 nitrogen and oxygen atoms in total. The van der Waals surface area contributed by atoms with Crippen LogP contribution < -0.4 is 5.32 Å². The van der Waals surface area contributed by atoms with Crippen LogP contribution in [0.1, 0.15) is 45.4 Å². The van der Waals surface area contributed by atoms with Gasteiger partial charge in [-0.05, 0) is 44.7 Å². The summed E-state index contributed by atoms with van der Waals surface area (Å²) < 4.78 is 0. The van der Waals surface area contributed by atoms with Crippen molar-refractivity contribution in [3.8, 4) is 0 Å². The van der Waals surface area contributed by atoms with E-state index in [9.17, 15) is 0 Å². The third-order valence-electron chi connectivity index (χ3n) is 4.74. The number of hydrogen-bond donors (Lipinski definition) is 1. The molecule has 16 heavy (non-hydrogen) atoms. The molecule has 1 saturated carbocycles. The van der Waals surface area contributed by atoms with E-state index in [1.54, 1.807) is 0 Å². The summed E-state index contributed by atoms with van der Waals surface area (Å²) in [6.07, 6.45) is 8.62. The van der Waals surface area contributed by atoms with Crippen LogP contribution in [0.25, 0.3) is 0 Å². The molecule has 1 aliphatic heterocycles. The molecule has 2 rings (SSSR count). The highest BCUT2D eigenvalue weighted by molar-refractivity contribution is 4.85. The van der Waals surface area contributed by atoms with E-state index in [-0.39, 0.29) is 0 Å². The summed E-state index contributed by atoms with van der Waals surface area (Å²) in [5.41, 5.74) is 0. The Morgan fingerprint density at radius 3 is 2.56 bits per heavy atom. The standard InChI is InChI=1S/C14H28N2/c1-3-12-8-9-16(10-12)11-14(15-2)13-6-4-5-7-13/h12-15H,3-11H2,1-2H3. The van der Waals surface area contributed by atoms with Gasteiger partial charge in [0.1, 0.15) is 0 Å². The topological polar surface area (TPSA) is 15.3 Å². The van der Waals surface area contributed by atoms with Gasteiger partial charge in [-0.2, -0.15) is 0 Å². The minimum atomic E-state index is 0.748. The Balaban J connectivity index is 1.78. The number of hydrogen-bond acceptors (Lipinski definition) is 2. The van der Waals surface area contributed by atoms with Crippen molar-refractivity contribution in [2.24, 2.45) is 11.8 Å². The first-order valence-corrected chi connectivity index (χ1v) is 7.23. The SMILES string of the molecule is CCC1CCN(CC(NC)C2CCCC2)C1. The summed E-state index contributed by atoms with van der Waals surface area (Å²) in [6, 6.07) is 0.748. The van der Waals surface area contributed by atoms with Gasteiger partial charge in [-0.25, -0.2) is 0 Å². The first-order chi connectivity index (χ1) is 7.83. The molecule has 0 aromatic carbocycles. The van der Waals surface area contributed by atoms with E-state index in [1.807, 2.05) is 0 Å². The fourth-order valence-electron chi connectivity index (χ4n) is 3.53. The van der Waals surface area contributed by atoms with Crippen molar-refractivity contribution in [2.45, 2.75) is 51.5 Å². The molecular weight excluding hydrogens is 196 g/mol. The van der Waals surface area contributed by atoms with Crippen LogP contribution in [0.4, 0.5) is 0 Å². The van der Waals surface area contributed by atoms with Gasteiger partial charge in [-0.15, -0.1) is 0 Å². The maximum Gasteiger partial charge on any atom is 0.0220 e. The molecule has 0 aromatic heterocycles. The maximum absolute atomic E-state index is 3.56. The fraction of sp³-hybridized carbons (Fsp3) is 1.00. The average Bonchev–Trinajstić information content (AvgIpc) is 2.96. The van der Waals surface area contributed by atoms with Crippen LogP contribution in [0.2, 0.25) is 0 Å². The smallest absolute Gasteiger partial charge is 0.0220 e. The van der Waals surface area contributed by atoms with E-state index in [1.165, 1.54) is 58.2 Å². The van der Waals surface area contributed by atoms with E-state index < -0.39 is 0 Å². The first kappa shape index (κ1) is 12.4. The van der Waals surface area contributed by atoms with E-state index in [0.29, 0.717) is 0 Å². The molecule has 1 heterocycles. The number of likely N-dealkylation sites (N-methyl/N-ethyl adjacent to an activating group) is 1. The second-order valence-corrected chi connectivity index (χ2v) is 5.76. The molecule has 0 spiro atoms. The van der Waals surface area contributed by atoms with Crippen LogP contribution in [-0.4, -0.2) is 37.6 Å². The highest BCUT2D eigenvalue weighted by Gasteiger charge is 2.28. The zero-order valence-electron chi connectivity index (χ0n) is 11.0. The van der Waals surface area contributed by atoms with Crippen molar-refractivity contribution in [3.63, 3.8) is 0 Å². The molecule has 2 atom stereocenters. The van der Waals surface area contributed by atoms with Gasteiger partial charge in [0.15, 0.2) is 0 Å². The Bertz CT molecular complexity index is 199. The predicted molar refractivity (Wildman–Crippen MR) is 69.6 cm³/mol. The van der Waals surface area contributed by atoms with Crippen LogP contribution in [0.5, 0.6) is 0 Å². The summed E-state index contributed by atoms with van der Waals surface area (Å²) >= 11 is 0. The van der Waals surface area contributed by atoms with Gasteiger partial charge in [0.2, 0.25) is 0 Å². The highest BCUT2D eigenvalue weighted by Crippen LogP contribution is 2.29. The van der Waals surface area contributed by atoms with Crippen molar-refractivity contribution >= 4 is 0 Å². The van der Waals surface area contributed by atoms with Crippen LogP contribution in [-0.2, 0) is 0 Å². The molecule has 0 bridgehead atoms. The van der Waals surface area contributed by atoms with Gasteiger partial charge in [0.25, 0.3) is 0 Å². The monoisotopic (exact) mass is 224 g/mol. The normalized spacial score (nSPS) is 30.0. The molecule has 2 heteroatoms. The Morgan fingerprint density at radius 2 is 2.00 bits per heavy atom. The van der Waals surface area contributed by atoms with Crippen molar-refractivity contribution in [1.29, 1.82) is 0 Å². The van der Waals surface area contributed by atoms with Gasteiger partial charge in [0, 0.05) is 19.1 Å². The summed E-state index contributed by atoms with van der Waals surface area (Å²) in [5, 5.41) is 3.56. The first-order valence-electron chi connectivity index (χ1n) is 7.23. The average molecular weight is 224 g/mol. The Morgan fingerprint density at radius 1 is 1.25 bits per heavy atom. The number of nitrogens with one attached hydrogen (secondary N) is 1. The third-order valence-corrected chi connectivity index (χ3v) is 4.74. The van der Waals surface area contributed by atoms with Crippen molar-refractivity contribution in [1.82, 2.24) is 10.2 Å². The lowest BCUT2D eigenvalue weighted by atomic mass is 9.98. The maximum atomic E-state index is 3.56. The van der Waals surface area contributed by atoms with E-state index >= 15 is 0 Å². The zero-order valence-corrected chi connectivity index (χ0v) is 11.0. The number of likely N-dealkylation sites (tertiary alicyclic amines) is 1. The fourth-order valence-corrected chi connectivity index (χ4v) is 3.53. The summed E-state index contributed by atoms with van der Waals surface area (Å²) in [5.74, 6) is 1.92. The quantitative estimate of drug-likeness (QED) is 0.772. The lowest BCUT2D eigenvalue weighted by molar-refractivity contribution is 0.242. The Hall–Kier alpha value is -0.0800. The third kappa shape index (κ3) is 2.98. The number of rotatable bonds is 5. The van der Waals surface area contributed by atoms with Gasteiger partial charge >= 0.3 is 0 Å².